The van der Waals surface area contributed by atoms with Crippen LogP contribution in [-0.2, 0) is 0 Å². The van der Waals surface area contributed by atoms with E-state index in [1.165, 1.54) is 6.20 Å². The number of fused-ring (bicyclic) bond motifs is 1. The molecule has 170 valence electrons. The molecule has 0 bridgehead atoms. The first kappa shape index (κ1) is 22.2. The summed E-state index contributed by atoms with van der Waals surface area (Å²) in [5.41, 5.74) is 1.69. The summed E-state index contributed by atoms with van der Waals surface area (Å²) >= 11 is 0. The number of rotatable bonds is 6. The van der Waals surface area contributed by atoms with Crippen LogP contribution in [0.4, 0.5) is 0 Å². The average molecular weight is 438 g/mol. The maximum absolute atomic E-state index is 12.9. The van der Waals surface area contributed by atoms with Gasteiger partial charge in [-0.1, -0.05) is 11.2 Å². The Morgan fingerprint density at radius 3 is 2.69 bits per heavy atom. The lowest BCUT2D eigenvalue weighted by Crippen LogP contribution is -2.57. The summed E-state index contributed by atoms with van der Waals surface area (Å²) in [6.45, 7) is 10.5. The lowest BCUT2D eigenvalue weighted by molar-refractivity contribution is 0.0830. The van der Waals surface area contributed by atoms with Crippen LogP contribution in [0.1, 0.15) is 86.5 Å². The van der Waals surface area contributed by atoms with Crippen molar-refractivity contribution in [3.05, 3.63) is 53.7 Å². The number of piperidine rings is 1. The van der Waals surface area contributed by atoms with E-state index in [4.69, 9.17) is 4.52 Å². The van der Waals surface area contributed by atoms with E-state index in [0.717, 1.165) is 18.4 Å². The molecule has 1 aliphatic rings. The first-order valence-corrected chi connectivity index (χ1v) is 11.1. The van der Waals surface area contributed by atoms with Crippen molar-refractivity contribution in [2.75, 3.05) is 0 Å². The predicted octanol–water partition coefficient (Wildman–Crippen LogP) is 3.94. The first-order chi connectivity index (χ1) is 15.0. The molecule has 1 amide bonds. The third kappa shape index (κ3) is 4.75. The Balaban J connectivity index is 1.40. The van der Waals surface area contributed by atoms with E-state index in [2.05, 4.69) is 48.6 Å². The van der Waals surface area contributed by atoms with Gasteiger partial charge in [-0.05, 0) is 65.5 Å². The topological polar surface area (TPSA) is 102 Å². The highest BCUT2D eigenvalue weighted by molar-refractivity contribution is 6.00. The zero-order chi connectivity index (χ0) is 23.1. The van der Waals surface area contributed by atoms with Crippen LogP contribution >= 0.6 is 0 Å². The van der Waals surface area contributed by atoms with E-state index in [9.17, 15) is 9.59 Å². The van der Waals surface area contributed by atoms with Crippen LogP contribution in [0.5, 0.6) is 0 Å². The highest BCUT2D eigenvalue weighted by Gasteiger charge is 2.38. The number of hydrogen-bond donors (Lipinski definition) is 2. The van der Waals surface area contributed by atoms with Crippen molar-refractivity contribution in [2.45, 2.75) is 71.0 Å². The second-order valence-corrected chi connectivity index (χ2v) is 10.2. The molecular weight excluding hydrogens is 406 g/mol. The number of nitrogens with one attached hydrogen (secondary N) is 2. The van der Waals surface area contributed by atoms with Crippen LogP contribution < -0.4 is 10.6 Å². The van der Waals surface area contributed by atoms with Crippen molar-refractivity contribution in [1.29, 1.82) is 0 Å². The van der Waals surface area contributed by atoms with Gasteiger partial charge in [0.25, 0.3) is 5.91 Å². The average Bonchev–Trinajstić information content (AvgIpc) is 3.33. The van der Waals surface area contributed by atoms with Crippen molar-refractivity contribution < 1.29 is 14.1 Å². The van der Waals surface area contributed by atoms with Gasteiger partial charge < -0.3 is 15.2 Å². The van der Waals surface area contributed by atoms with E-state index < -0.39 is 6.04 Å². The fraction of sp³-hybridized carbons (Fsp3) is 0.500. The fourth-order valence-corrected chi connectivity index (χ4v) is 5.12. The Hall–Kier alpha value is -3.00. The molecular formula is C24H31N5O3. The van der Waals surface area contributed by atoms with E-state index in [1.807, 2.05) is 25.1 Å². The lowest BCUT2D eigenvalue weighted by atomic mass is 9.74. The molecule has 0 saturated carbocycles. The smallest absolute Gasteiger partial charge is 0.255 e. The minimum absolute atomic E-state index is 0.0177. The minimum Gasteiger partial charge on any atom is -0.353 e. The zero-order valence-corrected chi connectivity index (χ0v) is 19.3. The molecule has 32 heavy (non-hydrogen) atoms. The number of ketones is 1. The van der Waals surface area contributed by atoms with Crippen molar-refractivity contribution in [1.82, 2.24) is 25.4 Å². The Kier molecular flexibility index (Phi) is 5.67. The molecule has 0 radical (unpaired) electrons. The molecule has 4 rings (SSSR count). The highest BCUT2D eigenvalue weighted by atomic mass is 16.5. The van der Waals surface area contributed by atoms with Gasteiger partial charge in [-0.25, -0.2) is 4.52 Å². The normalized spacial score (nSPS) is 19.0. The summed E-state index contributed by atoms with van der Waals surface area (Å²) in [6.07, 6.45) is 5.60. The summed E-state index contributed by atoms with van der Waals surface area (Å²) in [5.74, 6) is 0.207. The van der Waals surface area contributed by atoms with Crippen molar-refractivity contribution in [3.63, 3.8) is 0 Å². The Morgan fingerprint density at radius 1 is 1.25 bits per heavy atom. The molecule has 2 N–H and O–H groups in total. The zero-order valence-electron chi connectivity index (χ0n) is 19.3. The number of pyridine rings is 1. The fourth-order valence-electron chi connectivity index (χ4n) is 5.12. The van der Waals surface area contributed by atoms with E-state index in [-0.39, 0.29) is 34.4 Å². The van der Waals surface area contributed by atoms with Crippen LogP contribution in [-0.4, -0.2) is 37.5 Å². The van der Waals surface area contributed by atoms with E-state index in [0.29, 0.717) is 17.7 Å². The monoisotopic (exact) mass is 437 g/mol. The number of aromatic nitrogens is 3. The number of hydrogen-bond acceptors (Lipinski definition) is 6. The van der Waals surface area contributed by atoms with Crippen molar-refractivity contribution in [3.8, 4) is 0 Å². The second-order valence-electron chi connectivity index (χ2n) is 10.2. The largest absolute Gasteiger partial charge is 0.353 e. The summed E-state index contributed by atoms with van der Waals surface area (Å²) in [6, 6.07) is 6.77. The molecule has 1 saturated heterocycles. The van der Waals surface area contributed by atoms with Gasteiger partial charge in [-0.15, -0.1) is 0 Å². The minimum atomic E-state index is -0.414. The molecule has 1 aliphatic heterocycles. The molecule has 0 spiro atoms. The molecule has 1 fully saturated rings. The summed E-state index contributed by atoms with van der Waals surface area (Å²) in [7, 11) is 0. The number of amides is 1. The van der Waals surface area contributed by atoms with Gasteiger partial charge in [-0.3, -0.25) is 9.59 Å². The number of carbonyl (C=O) groups is 2. The molecule has 0 aromatic carbocycles. The third-order valence-corrected chi connectivity index (χ3v) is 6.01. The van der Waals surface area contributed by atoms with Crippen molar-refractivity contribution in [2.24, 2.45) is 5.92 Å². The van der Waals surface area contributed by atoms with Gasteiger partial charge in [0, 0.05) is 29.8 Å². The SMILES string of the molecule is C[C@@H](NC(=O)c1cnn2ccccc12)c1cc(C(=O)CC2CC(C)(C)NC(C)(C)C2)on1. The molecule has 3 aromatic rings. The summed E-state index contributed by atoms with van der Waals surface area (Å²) < 4.78 is 7.00. The maximum Gasteiger partial charge on any atom is 0.255 e. The maximum atomic E-state index is 12.9. The van der Waals surface area contributed by atoms with Gasteiger partial charge in [0.1, 0.15) is 5.69 Å². The predicted molar refractivity (Wildman–Crippen MR) is 121 cm³/mol. The van der Waals surface area contributed by atoms with Crippen LogP contribution in [0.15, 0.2) is 41.2 Å². The Bertz CT molecular complexity index is 1130. The molecule has 0 aliphatic carbocycles. The molecule has 3 aromatic heterocycles. The molecule has 1 atom stereocenters. The van der Waals surface area contributed by atoms with Gasteiger partial charge in [-0.2, -0.15) is 5.10 Å². The van der Waals surface area contributed by atoms with Crippen LogP contribution in [0.2, 0.25) is 0 Å². The van der Waals surface area contributed by atoms with Gasteiger partial charge in [0.15, 0.2) is 0 Å². The summed E-state index contributed by atoms with van der Waals surface area (Å²) in [5, 5.41) is 14.8. The Morgan fingerprint density at radius 2 is 1.97 bits per heavy atom. The van der Waals surface area contributed by atoms with E-state index >= 15 is 0 Å². The third-order valence-electron chi connectivity index (χ3n) is 6.01. The highest BCUT2D eigenvalue weighted by Crippen LogP contribution is 2.35. The second kappa shape index (κ2) is 8.16. The van der Waals surface area contributed by atoms with Crippen LogP contribution in [0.3, 0.4) is 0 Å². The van der Waals surface area contributed by atoms with Crippen LogP contribution in [0, 0.1) is 5.92 Å². The lowest BCUT2D eigenvalue weighted by Gasteiger charge is -2.46. The van der Waals surface area contributed by atoms with Gasteiger partial charge >= 0.3 is 0 Å². The number of Topliss-reactive ketones (excluding diaryl/α,β-unsaturated/α-hetero) is 1. The quantitative estimate of drug-likeness (QED) is 0.567. The Labute approximate surface area is 187 Å². The van der Waals surface area contributed by atoms with Gasteiger partial charge in [0.2, 0.25) is 11.5 Å². The molecule has 0 unspecified atom stereocenters. The van der Waals surface area contributed by atoms with Gasteiger partial charge in [0.05, 0.1) is 23.3 Å². The molecule has 8 heteroatoms. The molecule has 4 heterocycles. The van der Waals surface area contributed by atoms with E-state index in [1.54, 1.807) is 16.8 Å². The standard InChI is InChI=1S/C24H31N5O3/c1-15(26-22(31)17-14-25-29-9-7-6-8-19(17)29)18-11-21(32-27-18)20(30)10-16-12-23(2,3)28-24(4,5)13-16/h6-9,11,14-16,28H,10,12-13H2,1-5H3,(H,26,31)/t15-/m1/s1. The number of carbonyl (C=O) groups excluding carboxylic acids is 2. The van der Waals surface area contributed by atoms with Crippen molar-refractivity contribution >= 4 is 17.2 Å². The number of nitrogens with zero attached hydrogens (tertiary/aromatic N) is 3. The first-order valence-electron chi connectivity index (χ1n) is 11.1. The summed E-state index contributed by atoms with van der Waals surface area (Å²) in [4.78, 5) is 25.6. The van der Waals surface area contributed by atoms with Crippen LogP contribution in [0.25, 0.3) is 5.52 Å². The molecule has 8 nitrogen and oxygen atoms in total.